The van der Waals surface area contributed by atoms with Gasteiger partial charge in [0.1, 0.15) is 18.5 Å². The molecule has 3 N–H and O–H groups in total. The highest BCUT2D eigenvalue weighted by molar-refractivity contribution is 5.99. The first-order chi connectivity index (χ1) is 10.0. The lowest BCUT2D eigenvalue weighted by Gasteiger charge is -2.36. The molecule has 0 aromatic rings. The largest absolute Gasteiger partial charge is 0.480 e. The molecule has 9 heteroatoms. The molecule has 1 saturated carbocycles. The van der Waals surface area contributed by atoms with Gasteiger partial charge in [-0.1, -0.05) is 6.92 Å². The number of carboxylic acid groups (broad SMARTS) is 1. The SMILES string of the molecule is CC1CCC(NC(=O)CC(=O)NCC(F)(F)F)(C(=O)O)CC1. The second-order valence-electron chi connectivity index (χ2n) is 5.69. The average Bonchev–Trinajstić information content (AvgIpc) is 2.38. The number of nitrogens with one attached hydrogen (secondary N) is 2. The molecular formula is C13H19F3N2O4. The zero-order chi connectivity index (χ0) is 17.0. The number of amides is 2. The number of halogens is 3. The highest BCUT2D eigenvalue weighted by atomic mass is 19.4. The van der Waals surface area contributed by atoms with E-state index >= 15 is 0 Å². The van der Waals surface area contributed by atoms with Crippen molar-refractivity contribution in [2.45, 2.75) is 50.7 Å². The van der Waals surface area contributed by atoms with E-state index in [1.165, 1.54) is 0 Å². The van der Waals surface area contributed by atoms with Crippen LogP contribution in [0.5, 0.6) is 0 Å². The van der Waals surface area contributed by atoms with Crippen molar-refractivity contribution < 1.29 is 32.7 Å². The van der Waals surface area contributed by atoms with Crippen molar-refractivity contribution >= 4 is 17.8 Å². The van der Waals surface area contributed by atoms with Crippen molar-refractivity contribution in [2.24, 2.45) is 5.92 Å². The minimum atomic E-state index is -4.56. The summed E-state index contributed by atoms with van der Waals surface area (Å²) < 4.78 is 35.8. The van der Waals surface area contributed by atoms with Crippen LogP contribution in [0.3, 0.4) is 0 Å². The van der Waals surface area contributed by atoms with Crippen molar-refractivity contribution in [1.82, 2.24) is 10.6 Å². The Kier molecular flexibility index (Phi) is 5.78. The van der Waals surface area contributed by atoms with Gasteiger partial charge in [0.05, 0.1) is 0 Å². The minimum absolute atomic E-state index is 0.236. The van der Waals surface area contributed by atoms with E-state index in [2.05, 4.69) is 5.32 Å². The lowest BCUT2D eigenvalue weighted by molar-refractivity contribution is -0.150. The zero-order valence-corrected chi connectivity index (χ0v) is 12.1. The number of carbonyl (C=O) groups is 3. The summed E-state index contributed by atoms with van der Waals surface area (Å²) in [6.07, 6.45) is -3.69. The van der Waals surface area contributed by atoms with E-state index in [4.69, 9.17) is 0 Å². The molecule has 0 unspecified atom stereocenters. The summed E-state index contributed by atoms with van der Waals surface area (Å²) in [7, 11) is 0. The van der Waals surface area contributed by atoms with Gasteiger partial charge >= 0.3 is 12.1 Å². The maximum Gasteiger partial charge on any atom is 0.405 e. The molecule has 1 fully saturated rings. The standard InChI is InChI=1S/C13H19F3N2O4/c1-8-2-4-12(5-3-8,11(21)22)18-10(20)6-9(19)17-7-13(14,15)16/h8H,2-7H2,1H3,(H,17,19)(H,18,20)(H,21,22). The van der Waals surface area contributed by atoms with Gasteiger partial charge in [-0.15, -0.1) is 0 Å². The summed E-state index contributed by atoms with van der Waals surface area (Å²) in [5, 5.41) is 13.2. The molecule has 0 aliphatic heterocycles. The van der Waals surface area contributed by atoms with Crippen molar-refractivity contribution in [1.29, 1.82) is 0 Å². The van der Waals surface area contributed by atoms with Crippen LogP contribution in [-0.4, -0.2) is 41.2 Å². The van der Waals surface area contributed by atoms with Crippen LogP contribution in [-0.2, 0) is 14.4 Å². The van der Waals surface area contributed by atoms with E-state index in [9.17, 15) is 32.7 Å². The molecule has 0 aromatic heterocycles. The lowest BCUT2D eigenvalue weighted by Crippen LogP contribution is -2.56. The van der Waals surface area contributed by atoms with E-state index in [1.807, 2.05) is 6.92 Å². The molecule has 126 valence electrons. The first kappa shape index (κ1) is 18.2. The molecule has 0 spiro atoms. The second-order valence-corrected chi connectivity index (χ2v) is 5.69. The maximum atomic E-state index is 11.9. The van der Waals surface area contributed by atoms with Crippen LogP contribution in [0.4, 0.5) is 13.2 Å². The monoisotopic (exact) mass is 324 g/mol. The smallest absolute Gasteiger partial charge is 0.405 e. The summed E-state index contributed by atoms with van der Waals surface area (Å²) in [6, 6.07) is 0. The van der Waals surface area contributed by atoms with Gasteiger partial charge in [0, 0.05) is 0 Å². The van der Waals surface area contributed by atoms with E-state index in [1.54, 1.807) is 5.32 Å². The number of rotatable bonds is 5. The number of hydrogen-bond donors (Lipinski definition) is 3. The van der Waals surface area contributed by atoms with Crippen LogP contribution in [0, 0.1) is 5.92 Å². The summed E-state index contributed by atoms with van der Waals surface area (Å²) in [5.74, 6) is -2.83. The summed E-state index contributed by atoms with van der Waals surface area (Å²) in [5.41, 5.74) is -1.44. The molecule has 1 aliphatic carbocycles. The van der Waals surface area contributed by atoms with E-state index in [-0.39, 0.29) is 12.8 Å². The normalized spacial score (nSPS) is 25.4. The molecule has 0 saturated heterocycles. The van der Waals surface area contributed by atoms with Crippen LogP contribution in [0.1, 0.15) is 39.0 Å². The molecule has 1 rings (SSSR count). The highest BCUT2D eigenvalue weighted by Gasteiger charge is 2.42. The Balaban J connectivity index is 2.54. The van der Waals surface area contributed by atoms with Crippen molar-refractivity contribution in [3.63, 3.8) is 0 Å². The lowest BCUT2D eigenvalue weighted by atomic mass is 9.77. The zero-order valence-electron chi connectivity index (χ0n) is 12.1. The summed E-state index contributed by atoms with van der Waals surface area (Å²) in [6.45, 7) is 0.443. The predicted octanol–water partition coefficient (Wildman–Crippen LogP) is 1.20. The Hall–Kier alpha value is -1.80. The van der Waals surface area contributed by atoms with Gasteiger partial charge in [-0.3, -0.25) is 9.59 Å². The summed E-state index contributed by atoms with van der Waals surface area (Å²) in [4.78, 5) is 34.4. The average molecular weight is 324 g/mol. The summed E-state index contributed by atoms with van der Waals surface area (Å²) >= 11 is 0. The quantitative estimate of drug-likeness (QED) is 0.662. The maximum absolute atomic E-state index is 11.9. The Labute approximate surface area is 125 Å². The van der Waals surface area contributed by atoms with Crippen LogP contribution >= 0.6 is 0 Å². The second kappa shape index (κ2) is 6.97. The van der Waals surface area contributed by atoms with E-state index < -0.39 is 42.5 Å². The van der Waals surface area contributed by atoms with Crippen LogP contribution < -0.4 is 10.6 Å². The number of alkyl halides is 3. The number of hydrogen-bond acceptors (Lipinski definition) is 3. The van der Waals surface area contributed by atoms with E-state index in [0.717, 1.165) is 0 Å². The first-order valence-electron chi connectivity index (χ1n) is 6.92. The molecule has 0 atom stereocenters. The van der Waals surface area contributed by atoms with Gasteiger partial charge in [-0.05, 0) is 31.6 Å². The third kappa shape index (κ3) is 5.53. The topological polar surface area (TPSA) is 95.5 Å². The fourth-order valence-corrected chi connectivity index (χ4v) is 2.37. The van der Waals surface area contributed by atoms with E-state index in [0.29, 0.717) is 18.8 Å². The molecule has 6 nitrogen and oxygen atoms in total. The fourth-order valence-electron chi connectivity index (χ4n) is 2.37. The van der Waals surface area contributed by atoms with Gasteiger partial charge in [0.25, 0.3) is 0 Å². The molecule has 0 bridgehead atoms. The number of carbonyl (C=O) groups excluding carboxylic acids is 2. The Morgan fingerprint density at radius 2 is 1.73 bits per heavy atom. The molecule has 0 heterocycles. The highest BCUT2D eigenvalue weighted by Crippen LogP contribution is 2.32. The molecule has 1 aliphatic rings. The van der Waals surface area contributed by atoms with Crippen molar-refractivity contribution in [3.8, 4) is 0 Å². The van der Waals surface area contributed by atoms with Crippen molar-refractivity contribution in [2.75, 3.05) is 6.54 Å². The van der Waals surface area contributed by atoms with Gasteiger partial charge in [0.15, 0.2) is 0 Å². The molecule has 0 aromatic carbocycles. The van der Waals surface area contributed by atoms with Gasteiger partial charge in [-0.2, -0.15) is 13.2 Å². The van der Waals surface area contributed by atoms with Crippen LogP contribution in [0.2, 0.25) is 0 Å². The predicted molar refractivity (Wildman–Crippen MR) is 69.8 cm³/mol. The van der Waals surface area contributed by atoms with Gasteiger partial charge < -0.3 is 15.7 Å². The molecule has 2 amide bonds. The number of carboxylic acids is 1. The first-order valence-corrected chi connectivity index (χ1v) is 6.92. The molecule has 0 radical (unpaired) electrons. The fraction of sp³-hybridized carbons (Fsp3) is 0.769. The third-order valence-electron chi connectivity index (χ3n) is 3.72. The Bertz CT molecular complexity index is 443. The molecular weight excluding hydrogens is 305 g/mol. The van der Waals surface area contributed by atoms with Crippen LogP contribution in [0.25, 0.3) is 0 Å². The van der Waals surface area contributed by atoms with Crippen molar-refractivity contribution in [3.05, 3.63) is 0 Å². The molecule has 22 heavy (non-hydrogen) atoms. The van der Waals surface area contributed by atoms with Gasteiger partial charge in [-0.25, -0.2) is 4.79 Å². The van der Waals surface area contributed by atoms with Gasteiger partial charge in [0.2, 0.25) is 11.8 Å². The third-order valence-corrected chi connectivity index (χ3v) is 3.72. The Morgan fingerprint density at radius 3 is 2.18 bits per heavy atom. The number of aliphatic carboxylic acids is 1. The minimum Gasteiger partial charge on any atom is -0.480 e. The van der Waals surface area contributed by atoms with Crippen LogP contribution in [0.15, 0.2) is 0 Å². The Morgan fingerprint density at radius 1 is 1.18 bits per heavy atom.